The van der Waals surface area contributed by atoms with Gasteiger partial charge in [-0.15, -0.1) is 0 Å². The van der Waals surface area contributed by atoms with Gasteiger partial charge in [0, 0.05) is 13.6 Å². The molecule has 0 saturated carbocycles. The van der Waals surface area contributed by atoms with Crippen molar-refractivity contribution >= 4 is 11.6 Å². The maximum Gasteiger partial charge on any atom is 0.123 e. The number of nitrogens with zero attached hydrogens (tertiary/aromatic N) is 2. The van der Waals surface area contributed by atoms with E-state index < -0.39 is 0 Å². The number of aryl methyl sites for hydroxylation is 2. The molecule has 1 heterocycles. The van der Waals surface area contributed by atoms with Gasteiger partial charge in [0.05, 0.1) is 16.4 Å². The van der Waals surface area contributed by atoms with Crippen LogP contribution >= 0.6 is 11.6 Å². The number of benzene rings is 1. The highest BCUT2D eigenvalue weighted by Gasteiger charge is 2.09. The molecule has 0 spiro atoms. The summed E-state index contributed by atoms with van der Waals surface area (Å²) in [5, 5.41) is 8.30. The quantitative estimate of drug-likeness (QED) is 0.854. The molecule has 5 heteroatoms. The standard InChI is InChI=1S/C14H17ClFN3/c1-10-14(15)13(19(2)18-10)9-17-8-7-11-3-5-12(16)6-4-11/h3-6,17H,7-9H2,1-2H3. The van der Waals surface area contributed by atoms with Crippen LogP contribution in [0.25, 0.3) is 0 Å². The zero-order chi connectivity index (χ0) is 13.8. The van der Waals surface area contributed by atoms with E-state index in [1.54, 1.807) is 16.8 Å². The van der Waals surface area contributed by atoms with Crippen LogP contribution in [0.1, 0.15) is 17.0 Å². The first kappa shape index (κ1) is 14.0. The first-order valence-corrected chi connectivity index (χ1v) is 6.59. The van der Waals surface area contributed by atoms with E-state index in [0.717, 1.165) is 34.9 Å². The van der Waals surface area contributed by atoms with Crippen molar-refractivity contribution in [3.63, 3.8) is 0 Å². The molecule has 0 atom stereocenters. The van der Waals surface area contributed by atoms with Gasteiger partial charge in [-0.1, -0.05) is 23.7 Å². The second-order valence-electron chi connectivity index (χ2n) is 4.52. The predicted octanol–water partition coefficient (Wildman–Crippen LogP) is 2.85. The Bertz CT molecular complexity index is 549. The zero-order valence-electron chi connectivity index (χ0n) is 11.1. The second-order valence-corrected chi connectivity index (χ2v) is 4.90. The number of rotatable bonds is 5. The Labute approximate surface area is 117 Å². The van der Waals surface area contributed by atoms with E-state index in [-0.39, 0.29) is 5.82 Å². The van der Waals surface area contributed by atoms with Gasteiger partial charge in [-0.2, -0.15) is 5.10 Å². The van der Waals surface area contributed by atoms with Crippen molar-refractivity contribution < 1.29 is 4.39 Å². The minimum atomic E-state index is -0.200. The van der Waals surface area contributed by atoms with Crippen LogP contribution in [0.5, 0.6) is 0 Å². The molecule has 1 aromatic carbocycles. The van der Waals surface area contributed by atoms with E-state index in [0.29, 0.717) is 6.54 Å². The molecule has 0 aliphatic heterocycles. The van der Waals surface area contributed by atoms with Crippen LogP contribution in [0.15, 0.2) is 24.3 Å². The third kappa shape index (κ3) is 3.55. The van der Waals surface area contributed by atoms with Crippen molar-refractivity contribution in [3.05, 3.63) is 52.1 Å². The summed E-state index contributed by atoms with van der Waals surface area (Å²) >= 11 is 6.16. The number of halogens is 2. The summed E-state index contributed by atoms with van der Waals surface area (Å²) in [5.74, 6) is -0.200. The number of hydrogen-bond donors (Lipinski definition) is 1. The molecule has 0 amide bonds. The third-order valence-electron chi connectivity index (χ3n) is 3.06. The molecule has 102 valence electrons. The fourth-order valence-electron chi connectivity index (χ4n) is 1.96. The van der Waals surface area contributed by atoms with Gasteiger partial charge in [-0.3, -0.25) is 4.68 Å². The van der Waals surface area contributed by atoms with Gasteiger partial charge in [0.1, 0.15) is 5.82 Å². The van der Waals surface area contributed by atoms with Crippen LogP contribution in [-0.2, 0) is 20.0 Å². The minimum Gasteiger partial charge on any atom is -0.311 e. The summed E-state index contributed by atoms with van der Waals surface area (Å²) < 4.78 is 14.5. The largest absolute Gasteiger partial charge is 0.311 e. The van der Waals surface area contributed by atoms with E-state index in [1.807, 2.05) is 14.0 Å². The number of hydrogen-bond acceptors (Lipinski definition) is 2. The molecule has 0 aliphatic carbocycles. The molecule has 0 aliphatic rings. The molecule has 1 aromatic heterocycles. The topological polar surface area (TPSA) is 29.9 Å². The Morgan fingerprint density at radius 1 is 1.32 bits per heavy atom. The molecule has 0 bridgehead atoms. The molecule has 2 rings (SSSR count). The van der Waals surface area contributed by atoms with Crippen molar-refractivity contribution in [3.8, 4) is 0 Å². The van der Waals surface area contributed by atoms with Crippen LogP contribution in [0.2, 0.25) is 5.02 Å². The maximum atomic E-state index is 12.7. The molecule has 0 radical (unpaired) electrons. The Balaban J connectivity index is 1.82. The van der Waals surface area contributed by atoms with E-state index in [1.165, 1.54) is 12.1 Å². The fourth-order valence-corrected chi connectivity index (χ4v) is 2.19. The summed E-state index contributed by atoms with van der Waals surface area (Å²) in [6, 6.07) is 6.57. The van der Waals surface area contributed by atoms with E-state index in [4.69, 9.17) is 11.6 Å². The first-order valence-electron chi connectivity index (χ1n) is 6.21. The minimum absolute atomic E-state index is 0.200. The van der Waals surface area contributed by atoms with Crippen LogP contribution < -0.4 is 5.32 Å². The molecular formula is C14H17ClFN3. The molecular weight excluding hydrogens is 265 g/mol. The summed E-state index contributed by atoms with van der Waals surface area (Å²) in [4.78, 5) is 0. The summed E-state index contributed by atoms with van der Waals surface area (Å²) in [6.07, 6.45) is 0.856. The van der Waals surface area contributed by atoms with Crippen LogP contribution in [0.3, 0.4) is 0 Å². The molecule has 2 aromatic rings. The Morgan fingerprint density at radius 3 is 2.58 bits per heavy atom. The van der Waals surface area contributed by atoms with E-state index in [9.17, 15) is 4.39 Å². The van der Waals surface area contributed by atoms with Gasteiger partial charge in [0.2, 0.25) is 0 Å². The average molecular weight is 282 g/mol. The van der Waals surface area contributed by atoms with Gasteiger partial charge >= 0.3 is 0 Å². The van der Waals surface area contributed by atoms with Crippen LogP contribution in [0.4, 0.5) is 4.39 Å². The predicted molar refractivity (Wildman–Crippen MR) is 74.8 cm³/mol. The maximum absolute atomic E-state index is 12.7. The van der Waals surface area contributed by atoms with Gasteiger partial charge in [-0.05, 0) is 37.6 Å². The Morgan fingerprint density at radius 2 is 2.00 bits per heavy atom. The van der Waals surface area contributed by atoms with Crippen molar-refractivity contribution in [2.24, 2.45) is 7.05 Å². The fraction of sp³-hybridized carbons (Fsp3) is 0.357. The SMILES string of the molecule is Cc1nn(C)c(CNCCc2ccc(F)cc2)c1Cl. The summed E-state index contributed by atoms with van der Waals surface area (Å²) in [5.41, 5.74) is 2.94. The number of aromatic nitrogens is 2. The van der Waals surface area contributed by atoms with Crippen LogP contribution in [-0.4, -0.2) is 16.3 Å². The van der Waals surface area contributed by atoms with Crippen molar-refractivity contribution in [2.75, 3.05) is 6.54 Å². The van der Waals surface area contributed by atoms with Crippen molar-refractivity contribution in [2.45, 2.75) is 19.9 Å². The monoisotopic (exact) mass is 281 g/mol. The molecule has 1 N–H and O–H groups in total. The van der Waals surface area contributed by atoms with E-state index >= 15 is 0 Å². The van der Waals surface area contributed by atoms with E-state index in [2.05, 4.69) is 10.4 Å². The highest BCUT2D eigenvalue weighted by atomic mass is 35.5. The highest BCUT2D eigenvalue weighted by Crippen LogP contribution is 2.18. The molecule has 3 nitrogen and oxygen atoms in total. The summed E-state index contributed by atoms with van der Waals surface area (Å²) in [6.45, 7) is 3.38. The number of nitrogens with one attached hydrogen (secondary N) is 1. The smallest absolute Gasteiger partial charge is 0.123 e. The van der Waals surface area contributed by atoms with Crippen molar-refractivity contribution in [1.29, 1.82) is 0 Å². The molecule has 0 fully saturated rings. The van der Waals surface area contributed by atoms with Crippen molar-refractivity contribution in [1.82, 2.24) is 15.1 Å². The Hall–Kier alpha value is -1.39. The second kappa shape index (κ2) is 6.17. The molecule has 0 saturated heterocycles. The lowest BCUT2D eigenvalue weighted by atomic mass is 10.1. The zero-order valence-corrected chi connectivity index (χ0v) is 11.8. The van der Waals surface area contributed by atoms with Gasteiger partial charge < -0.3 is 5.32 Å². The van der Waals surface area contributed by atoms with Gasteiger partial charge in [0.25, 0.3) is 0 Å². The molecule has 19 heavy (non-hydrogen) atoms. The van der Waals surface area contributed by atoms with Crippen LogP contribution in [0, 0.1) is 12.7 Å². The normalized spacial score (nSPS) is 10.9. The van der Waals surface area contributed by atoms with Gasteiger partial charge in [-0.25, -0.2) is 4.39 Å². The lowest BCUT2D eigenvalue weighted by molar-refractivity contribution is 0.619. The lowest BCUT2D eigenvalue weighted by Crippen LogP contribution is -2.18. The average Bonchev–Trinajstić information content (AvgIpc) is 2.62. The first-order chi connectivity index (χ1) is 9.08. The van der Waals surface area contributed by atoms with Gasteiger partial charge in [0.15, 0.2) is 0 Å². The Kier molecular flexibility index (Phi) is 4.56. The third-order valence-corrected chi connectivity index (χ3v) is 3.55. The highest BCUT2D eigenvalue weighted by molar-refractivity contribution is 6.31. The molecule has 0 unspecified atom stereocenters. The summed E-state index contributed by atoms with van der Waals surface area (Å²) in [7, 11) is 1.88. The lowest BCUT2D eigenvalue weighted by Gasteiger charge is -2.06.